The van der Waals surface area contributed by atoms with Crippen LogP contribution in [-0.4, -0.2) is 20.6 Å². The molecule has 0 unspecified atom stereocenters. The van der Waals surface area contributed by atoms with E-state index in [0.29, 0.717) is 5.75 Å². The predicted octanol–water partition coefficient (Wildman–Crippen LogP) is 2.13. The lowest BCUT2D eigenvalue weighted by Crippen LogP contribution is -2.16. The quantitative estimate of drug-likeness (QED) is 0.887. The van der Waals surface area contributed by atoms with Crippen LogP contribution in [0.2, 0.25) is 0 Å². The molecule has 0 bridgehead atoms. The summed E-state index contributed by atoms with van der Waals surface area (Å²) in [7, 11) is -2.61. The third-order valence-electron chi connectivity index (χ3n) is 2.85. The predicted molar refractivity (Wildman–Crippen MR) is 76.1 cm³/mol. The van der Waals surface area contributed by atoms with Crippen LogP contribution in [0.25, 0.3) is 0 Å². The molecule has 0 radical (unpaired) electrons. The second-order valence-corrected chi connectivity index (χ2v) is 5.87. The van der Waals surface area contributed by atoms with Crippen LogP contribution in [0, 0.1) is 5.82 Å². The second-order valence-electron chi connectivity index (χ2n) is 4.22. The van der Waals surface area contributed by atoms with Crippen molar-refractivity contribution in [2.75, 3.05) is 11.8 Å². The SMILES string of the molecule is COc1ccc(F)c(NS(=O)(=O)c2ccccc2CO)c1. The fourth-order valence-corrected chi connectivity index (χ4v) is 3.10. The van der Waals surface area contributed by atoms with Crippen LogP contribution in [0.5, 0.6) is 5.75 Å². The summed E-state index contributed by atoms with van der Waals surface area (Å²) in [6.07, 6.45) is 0. The molecule has 21 heavy (non-hydrogen) atoms. The number of benzene rings is 2. The van der Waals surface area contributed by atoms with Gasteiger partial charge in [0, 0.05) is 6.07 Å². The summed E-state index contributed by atoms with van der Waals surface area (Å²) < 4.78 is 45.4. The van der Waals surface area contributed by atoms with E-state index in [4.69, 9.17) is 4.74 Å². The molecule has 0 amide bonds. The van der Waals surface area contributed by atoms with Crippen LogP contribution in [0.4, 0.5) is 10.1 Å². The van der Waals surface area contributed by atoms with Crippen molar-refractivity contribution >= 4 is 15.7 Å². The van der Waals surface area contributed by atoms with Crippen molar-refractivity contribution in [3.8, 4) is 5.75 Å². The van der Waals surface area contributed by atoms with Gasteiger partial charge in [-0.3, -0.25) is 4.72 Å². The van der Waals surface area contributed by atoms with Crippen molar-refractivity contribution in [1.29, 1.82) is 0 Å². The number of rotatable bonds is 5. The summed E-state index contributed by atoms with van der Waals surface area (Å²) in [4.78, 5) is -0.102. The Labute approximate surface area is 122 Å². The van der Waals surface area contributed by atoms with Crippen molar-refractivity contribution in [2.24, 2.45) is 0 Å². The lowest BCUT2D eigenvalue weighted by atomic mass is 10.2. The van der Waals surface area contributed by atoms with E-state index in [2.05, 4.69) is 4.72 Å². The first-order chi connectivity index (χ1) is 9.97. The number of methoxy groups -OCH3 is 1. The molecule has 0 saturated carbocycles. The zero-order valence-electron chi connectivity index (χ0n) is 11.2. The van der Waals surface area contributed by atoms with Crippen LogP contribution in [0.1, 0.15) is 5.56 Å². The summed E-state index contributed by atoms with van der Waals surface area (Å²) in [5.74, 6) is -0.398. The van der Waals surface area contributed by atoms with E-state index in [-0.39, 0.29) is 16.1 Å². The Balaban J connectivity index is 2.42. The fraction of sp³-hybridized carbons (Fsp3) is 0.143. The van der Waals surface area contributed by atoms with Crippen molar-refractivity contribution < 1.29 is 22.7 Å². The topological polar surface area (TPSA) is 75.6 Å². The molecule has 0 fully saturated rings. The van der Waals surface area contributed by atoms with E-state index in [1.54, 1.807) is 6.07 Å². The molecule has 0 aliphatic rings. The first kappa shape index (κ1) is 15.3. The maximum Gasteiger partial charge on any atom is 0.262 e. The van der Waals surface area contributed by atoms with E-state index in [1.165, 1.54) is 37.4 Å². The summed E-state index contributed by atoms with van der Waals surface area (Å²) in [6, 6.07) is 9.69. The highest BCUT2D eigenvalue weighted by Gasteiger charge is 2.19. The number of halogens is 1. The van der Waals surface area contributed by atoms with E-state index in [1.807, 2.05) is 0 Å². The van der Waals surface area contributed by atoms with E-state index >= 15 is 0 Å². The van der Waals surface area contributed by atoms with Crippen LogP contribution >= 0.6 is 0 Å². The molecule has 0 aliphatic carbocycles. The van der Waals surface area contributed by atoms with Gasteiger partial charge in [-0.2, -0.15) is 0 Å². The molecule has 0 aromatic heterocycles. The highest BCUT2D eigenvalue weighted by molar-refractivity contribution is 7.92. The van der Waals surface area contributed by atoms with E-state index in [0.717, 1.165) is 6.07 Å². The smallest absolute Gasteiger partial charge is 0.262 e. The Morgan fingerprint density at radius 2 is 1.95 bits per heavy atom. The largest absolute Gasteiger partial charge is 0.497 e. The minimum absolute atomic E-state index is 0.102. The minimum atomic E-state index is -4.01. The maximum atomic E-state index is 13.7. The number of anilines is 1. The fourth-order valence-electron chi connectivity index (χ4n) is 1.81. The molecule has 2 rings (SSSR count). The molecule has 5 nitrogen and oxygen atoms in total. The second kappa shape index (κ2) is 6.11. The van der Waals surface area contributed by atoms with Crippen molar-refractivity contribution in [3.63, 3.8) is 0 Å². The molecule has 2 aromatic rings. The Kier molecular flexibility index (Phi) is 4.44. The van der Waals surface area contributed by atoms with Gasteiger partial charge in [0.1, 0.15) is 11.6 Å². The summed E-state index contributed by atoms with van der Waals surface area (Å²) in [6.45, 7) is -0.433. The number of hydrogen-bond donors (Lipinski definition) is 2. The van der Waals surface area contributed by atoms with Gasteiger partial charge in [-0.25, -0.2) is 12.8 Å². The van der Waals surface area contributed by atoms with Gasteiger partial charge in [0.2, 0.25) is 0 Å². The number of sulfonamides is 1. The zero-order valence-corrected chi connectivity index (χ0v) is 12.0. The molecule has 0 heterocycles. The number of ether oxygens (including phenoxy) is 1. The molecule has 7 heteroatoms. The average Bonchev–Trinajstić information content (AvgIpc) is 2.49. The molecule has 0 saturated heterocycles. The molecule has 112 valence electrons. The number of hydrogen-bond acceptors (Lipinski definition) is 4. The first-order valence-corrected chi connectivity index (χ1v) is 7.51. The highest BCUT2D eigenvalue weighted by Crippen LogP contribution is 2.25. The molecule has 2 N–H and O–H groups in total. The van der Waals surface area contributed by atoms with Gasteiger partial charge in [0.15, 0.2) is 0 Å². The van der Waals surface area contributed by atoms with Crippen LogP contribution in [0.15, 0.2) is 47.4 Å². The monoisotopic (exact) mass is 311 g/mol. The molecule has 2 aromatic carbocycles. The third-order valence-corrected chi connectivity index (χ3v) is 4.32. The lowest BCUT2D eigenvalue weighted by Gasteiger charge is -2.12. The Bertz CT molecular complexity index is 746. The van der Waals surface area contributed by atoms with E-state index in [9.17, 15) is 17.9 Å². The number of aliphatic hydroxyl groups excluding tert-OH is 1. The standard InChI is InChI=1S/C14H14FNO4S/c1-20-11-6-7-12(15)13(8-11)16-21(18,19)14-5-3-2-4-10(14)9-17/h2-8,16-17H,9H2,1H3. The Hall–Kier alpha value is -2.12. The Morgan fingerprint density at radius 3 is 2.62 bits per heavy atom. The highest BCUT2D eigenvalue weighted by atomic mass is 32.2. The normalized spacial score (nSPS) is 11.2. The number of nitrogens with one attached hydrogen (secondary N) is 1. The molecular formula is C14H14FNO4S. The lowest BCUT2D eigenvalue weighted by molar-refractivity contribution is 0.278. The van der Waals surface area contributed by atoms with Gasteiger partial charge < -0.3 is 9.84 Å². The van der Waals surface area contributed by atoms with Gasteiger partial charge in [-0.05, 0) is 23.8 Å². The van der Waals surface area contributed by atoms with Gasteiger partial charge in [-0.1, -0.05) is 18.2 Å². The van der Waals surface area contributed by atoms with Crippen LogP contribution in [-0.2, 0) is 16.6 Å². The zero-order chi connectivity index (χ0) is 15.5. The molecular weight excluding hydrogens is 297 g/mol. The van der Waals surface area contributed by atoms with Crippen molar-refractivity contribution in [1.82, 2.24) is 0 Å². The summed E-state index contributed by atoms with van der Waals surface area (Å²) in [5, 5.41) is 9.20. The Morgan fingerprint density at radius 1 is 1.24 bits per heavy atom. The van der Waals surface area contributed by atoms with Crippen LogP contribution < -0.4 is 9.46 Å². The maximum absolute atomic E-state index is 13.7. The molecule has 0 atom stereocenters. The molecule has 0 spiro atoms. The minimum Gasteiger partial charge on any atom is -0.497 e. The number of aliphatic hydroxyl groups is 1. The van der Waals surface area contributed by atoms with Gasteiger partial charge >= 0.3 is 0 Å². The van der Waals surface area contributed by atoms with Gasteiger partial charge in [0.25, 0.3) is 10.0 Å². The van der Waals surface area contributed by atoms with Crippen LogP contribution in [0.3, 0.4) is 0 Å². The van der Waals surface area contributed by atoms with Crippen molar-refractivity contribution in [3.05, 3.63) is 53.8 Å². The average molecular weight is 311 g/mol. The van der Waals surface area contributed by atoms with E-state index < -0.39 is 22.4 Å². The van der Waals surface area contributed by atoms with Crippen molar-refractivity contribution in [2.45, 2.75) is 11.5 Å². The molecule has 0 aliphatic heterocycles. The van der Waals surface area contributed by atoms with Gasteiger partial charge in [0.05, 0.1) is 24.3 Å². The third kappa shape index (κ3) is 3.32. The first-order valence-electron chi connectivity index (χ1n) is 6.03. The summed E-state index contributed by atoms with van der Waals surface area (Å²) >= 11 is 0. The van der Waals surface area contributed by atoms with Gasteiger partial charge in [-0.15, -0.1) is 0 Å². The summed E-state index contributed by atoms with van der Waals surface area (Å²) in [5.41, 5.74) is 0.00963.